The lowest BCUT2D eigenvalue weighted by Gasteiger charge is -2.11. The van der Waals surface area contributed by atoms with E-state index >= 15 is 0 Å². The van der Waals surface area contributed by atoms with Gasteiger partial charge >= 0.3 is 0 Å². The van der Waals surface area contributed by atoms with Crippen molar-refractivity contribution in [1.29, 1.82) is 5.26 Å². The molecule has 1 unspecified atom stereocenters. The van der Waals surface area contributed by atoms with E-state index in [1.807, 2.05) is 25.3 Å². The first kappa shape index (κ1) is 15.6. The van der Waals surface area contributed by atoms with Gasteiger partial charge in [-0.15, -0.1) is 11.3 Å². The number of carbonyl (C=O) groups is 1. The van der Waals surface area contributed by atoms with E-state index < -0.39 is 5.92 Å². The molecule has 2 rings (SSSR count). The monoisotopic (exact) mass is 319 g/mol. The van der Waals surface area contributed by atoms with Gasteiger partial charge in [-0.2, -0.15) is 5.26 Å². The maximum absolute atomic E-state index is 12.6. The first-order valence-corrected chi connectivity index (χ1v) is 7.57. The zero-order valence-electron chi connectivity index (χ0n) is 11.9. The molecule has 0 aliphatic heterocycles. The first-order valence-electron chi connectivity index (χ1n) is 6.31. The van der Waals surface area contributed by atoms with E-state index in [0.29, 0.717) is 21.2 Å². The number of hydrogen-bond acceptors (Lipinski definition) is 4. The fourth-order valence-electron chi connectivity index (χ4n) is 2.03. The number of nitriles is 1. The highest BCUT2D eigenvalue weighted by Gasteiger charge is 2.26. The topological polar surface area (TPSA) is 50.1 Å². The molecule has 0 N–H and O–H groups in total. The zero-order valence-corrected chi connectivity index (χ0v) is 13.5. The van der Waals surface area contributed by atoms with Gasteiger partial charge in [-0.25, -0.2) is 0 Å². The first-order chi connectivity index (χ1) is 9.99. The molecule has 1 aromatic heterocycles. The van der Waals surface area contributed by atoms with Gasteiger partial charge < -0.3 is 4.74 Å². The third kappa shape index (κ3) is 2.94. The van der Waals surface area contributed by atoms with Gasteiger partial charge in [0, 0.05) is 0 Å². The third-order valence-corrected chi connectivity index (χ3v) is 4.99. The molecule has 0 aliphatic rings. The Morgan fingerprint density at radius 1 is 1.38 bits per heavy atom. The molecule has 0 bridgehead atoms. The third-order valence-electron chi connectivity index (χ3n) is 3.28. The Balaban J connectivity index is 2.43. The minimum absolute atomic E-state index is 0.272. The summed E-state index contributed by atoms with van der Waals surface area (Å²) in [5, 5.41) is 11.6. The highest BCUT2D eigenvalue weighted by Crippen LogP contribution is 2.33. The van der Waals surface area contributed by atoms with Crippen LogP contribution in [0.5, 0.6) is 5.75 Å². The zero-order chi connectivity index (χ0) is 15.6. The Kier molecular flexibility index (Phi) is 4.66. The molecule has 3 nitrogen and oxygen atoms in total. The number of hydrogen-bond donors (Lipinski definition) is 0. The summed E-state index contributed by atoms with van der Waals surface area (Å²) in [6.07, 6.45) is 0. The molecule has 0 fully saturated rings. The standard InChI is InChI=1S/C16H14ClNO2S/c1-9-4-5-11(6-13(9)20-3)12(7-18)15(19)16-14(17)10(2)8-21-16/h4-6,8,12H,1-3H3. The SMILES string of the molecule is COc1cc(C(C#N)C(=O)c2scc(C)c2Cl)ccc1C. The Labute approximate surface area is 132 Å². The largest absolute Gasteiger partial charge is 0.496 e. The van der Waals surface area contributed by atoms with Crippen molar-refractivity contribution in [1.82, 2.24) is 0 Å². The normalized spacial score (nSPS) is 11.8. The van der Waals surface area contributed by atoms with Crippen LogP contribution in [0, 0.1) is 25.2 Å². The second-order valence-electron chi connectivity index (χ2n) is 4.72. The Bertz CT molecular complexity index is 730. The van der Waals surface area contributed by atoms with Crippen LogP contribution in [-0.4, -0.2) is 12.9 Å². The van der Waals surface area contributed by atoms with Crippen LogP contribution < -0.4 is 4.74 Å². The van der Waals surface area contributed by atoms with Crippen LogP contribution in [0.15, 0.2) is 23.6 Å². The Morgan fingerprint density at radius 2 is 2.10 bits per heavy atom. The molecule has 5 heteroatoms. The minimum atomic E-state index is -0.880. The summed E-state index contributed by atoms with van der Waals surface area (Å²) in [7, 11) is 1.56. The van der Waals surface area contributed by atoms with E-state index in [9.17, 15) is 10.1 Å². The molecule has 0 aliphatic carbocycles. The highest BCUT2D eigenvalue weighted by molar-refractivity contribution is 7.13. The maximum atomic E-state index is 12.6. The predicted octanol–water partition coefficient (Wildman–Crippen LogP) is 4.52. The lowest BCUT2D eigenvalue weighted by atomic mass is 9.94. The average Bonchev–Trinajstić information content (AvgIpc) is 2.81. The molecule has 0 saturated heterocycles. The highest BCUT2D eigenvalue weighted by atomic mass is 35.5. The van der Waals surface area contributed by atoms with Crippen LogP contribution in [-0.2, 0) is 0 Å². The van der Waals surface area contributed by atoms with Crippen LogP contribution in [0.2, 0.25) is 5.02 Å². The molecule has 1 aromatic carbocycles. The summed E-state index contributed by atoms with van der Waals surface area (Å²) < 4.78 is 5.25. The van der Waals surface area contributed by atoms with Crippen molar-refractivity contribution in [2.75, 3.05) is 7.11 Å². The molecule has 0 spiro atoms. The van der Waals surface area contributed by atoms with E-state index in [1.165, 1.54) is 11.3 Å². The number of aryl methyl sites for hydroxylation is 2. The average molecular weight is 320 g/mol. The molecule has 0 saturated carbocycles. The van der Waals surface area contributed by atoms with Gasteiger partial charge in [-0.3, -0.25) is 4.79 Å². The number of ether oxygens (including phenoxy) is 1. The van der Waals surface area contributed by atoms with Gasteiger partial charge in [0.15, 0.2) is 5.78 Å². The number of thiophene rings is 1. The molecular formula is C16H14ClNO2S. The number of Topliss-reactive ketones (excluding diaryl/α,β-unsaturated/α-hetero) is 1. The quantitative estimate of drug-likeness (QED) is 0.779. The molecule has 2 aromatic rings. The van der Waals surface area contributed by atoms with Crippen molar-refractivity contribution in [2.24, 2.45) is 0 Å². The van der Waals surface area contributed by atoms with Crippen molar-refractivity contribution in [3.05, 3.63) is 50.2 Å². The van der Waals surface area contributed by atoms with Gasteiger partial charge in [0.2, 0.25) is 0 Å². The second-order valence-corrected chi connectivity index (χ2v) is 5.97. The Morgan fingerprint density at radius 3 is 2.62 bits per heavy atom. The van der Waals surface area contributed by atoms with Crippen molar-refractivity contribution < 1.29 is 9.53 Å². The van der Waals surface area contributed by atoms with Gasteiger partial charge in [0.1, 0.15) is 11.7 Å². The molecule has 0 amide bonds. The number of methoxy groups -OCH3 is 1. The smallest absolute Gasteiger partial charge is 0.195 e. The lowest BCUT2D eigenvalue weighted by Crippen LogP contribution is -2.10. The van der Waals surface area contributed by atoms with Gasteiger partial charge in [0.25, 0.3) is 0 Å². The summed E-state index contributed by atoms with van der Waals surface area (Å²) in [6.45, 7) is 3.75. The molecule has 1 heterocycles. The summed E-state index contributed by atoms with van der Waals surface area (Å²) in [4.78, 5) is 13.0. The molecule has 1 atom stereocenters. The van der Waals surface area contributed by atoms with Crippen LogP contribution >= 0.6 is 22.9 Å². The van der Waals surface area contributed by atoms with Crippen molar-refractivity contribution in [3.63, 3.8) is 0 Å². The van der Waals surface area contributed by atoms with Gasteiger partial charge in [-0.05, 0) is 42.0 Å². The van der Waals surface area contributed by atoms with E-state index in [0.717, 1.165) is 11.1 Å². The van der Waals surface area contributed by atoms with E-state index in [4.69, 9.17) is 16.3 Å². The lowest BCUT2D eigenvalue weighted by molar-refractivity contribution is 0.0983. The maximum Gasteiger partial charge on any atom is 0.195 e. The number of carbonyl (C=O) groups excluding carboxylic acids is 1. The fraction of sp³-hybridized carbons (Fsp3) is 0.250. The molecular weight excluding hydrogens is 306 g/mol. The Hall–Kier alpha value is -1.83. The fourth-order valence-corrected chi connectivity index (χ4v) is 3.28. The van der Waals surface area contributed by atoms with E-state index in [1.54, 1.807) is 19.2 Å². The van der Waals surface area contributed by atoms with Crippen molar-refractivity contribution >= 4 is 28.7 Å². The minimum Gasteiger partial charge on any atom is -0.496 e. The number of benzene rings is 1. The molecule has 108 valence electrons. The molecule has 21 heavy (non-hydrogen) atoms. The number of halogens is 1. The van der Waals surface area contributed by atoms with Gasteiger partial charge in [-0.1, -0.05) is 23.7 Å². The summed E-state index contributed by atoms with van der Waals surface area (Å²) in [5.41, 5.74) is 2.42. The van der Waals surface area contributed by atoms with Crippen molar-refractivity contribution in [2.45, 2.75) is 19.8 Å². The van der Waals surface area contributed by atoms with Gasteiger partial charge in [0.05, 0.1) is 23.1 Å². The number of ketones is 1. The summed E-state index contributed by atoms with van der Waals surface area (Å²) in [5.74, 6) is -0.490. The summed E-state index contributed by atoms with van der Waals surface area (Å²) in [6, 6.07) is 7.41. The van der Waals surface area contributed by atoms with Crippen LogP contribution in [0.4, 0.5) is 0 Å². The van der Waals surface area contributed by atoms with Crippen LogP contribution in [0.3, 0.4) is 0 Å². The second kappa shape index (κ2) is 6.30. The number of rotatable bonds is 4. The number of nitrogens with zero attached hydrogens (tertiary/aromatic N) is 1. The van der Waals surface area contributed by atoms with E-state index in [-0.39, 0.29) is 5.78 Å². The summed E-state index contributed by atoms with van der Waals surface area (Å²) >= 11 is 7.40. The van der Waals surface area contributed by atoms with E-state index in [2.05, 4.69) is 6.07 Å². The van der Waals surface area contributed by atoms with Crippen LogP contribution in [0.25, 0.3) is 0 Å². The van der Waals surface area contributed by atoms with Crippen LogP contribution in [0.1, 0.15) is 32.3 Å². The molecule has 0 radical (unpaired) electrons. The predicted molar refractivity (Wildman–Crippen MR) is 84.5 cm³/mol. The van der Waals surface area contributed by atoms with Crippen molar-refractivity contribution in [3.8, 4) is 11.8 Å².